The van der Waals surface area contributed by atoms with Crippen LogP contribution >= 0.6 is 11.6 Å². The predicted molar refractivity (Wildman–Crippen MR) is 117 cm³/mol. The van der Waals surface area contributed by atoms with Gasteiger partial charge in [-0.15, -0.1) is 0 Å². The first-order chi connectivity index (χ1) is 14.5. The molecule has 1 aliphatic rings. The zero-order valence-corrected chi connectivity index (χ0v) is 17.9. The van der Waals surface area contributed by atoms with Gasteiger partial charge in [0.05, 0.1) is 20.8 Å². The van der Waals surface area contributed by atoms with Crippen LogP contribution in [0.2, 0.25) is 5.02 Å². The lowest BCUT2D eigenvalue weighted by Crippen LogP contribution is -2.32. The molecule has 3 aromatic rings. The third-order valence-corrected chi connectivity index (χ3v) is 6.13. The van der Waals surface area contributed by atoms with Crippen LogP contribution in [0.3, 0.4) is 0 Å². The summed E-state index contributed by atoms with van der Waals surface area (Å²) >= 11 is 6.14. The van der Waals surface area contributed by atoms with Gasteiger partial charge in [0.2, 0.25) is 0 Å². The topological polar surface area (TPSA) is 72.1 Å². The average molecular weight is 430 g/mol. The van der Waals surface area contributed by atoms with Crippen LogP contribution in [0, 0.1) is 0 Å². The van der Waals surface area contributed by atoms with E-state index in [1.165, 1.54) is 13.2 Å². The van der Waals surface area contributed by atoms with Crippen LogP contribution in [0.4, 0.5) is 0 Å². The minimum absolute atomic E-state index is 0.00391. The van der Waals surface area contributed by atoms with E-state index in [4.69, 9.17) is 25.5 Å². The highest BCUT2D eigenvalue weighted by Gasteiger charge is 2.37. The summed E-state index contributed by atoms with van der Waals surface area (Å²) in [5, 5.41) is 10.9. The number of ether oxygens (including phenoxy) is 2. The summed E-state index contributed by atoms with van der Waals surface area (Å²) in [6.45, 7) is 0.820. The molecule has 1 saturated heterocycles. The largest absolute Gasteiger partial charge is 0.496 e. The second-order valence-electron chi connectivity index (χ2n) is 7.51. The van der Waals surface area contributed by atoms with Gasteiger partial charge in [-0.3, -0.25) is 4.79 Å². The Bertz CT molecular complexity index is 1140. The van der Waals surface area contributed by atoms with Crippen molar-refractivity contribution in [1.82, 2.24) is 4.90 Å². The quantitative estimate of drug-likeness (QED) is 0.663. The van der Waals surface area contributed by atoms with E-state index in [0.29, 0.717) is 38.8 Å². The summed E-state index contributed by atoms with van der Waals surface area (Å²) in [5.41, 5.74) is 1.69. The molecule has 4 rings (SSSR count). The number of hydrogen-bond donors (Lipinski definition) is 1. The van der Waals surface area contributed by atoms with Crippen LogP contribution < -0.4 is 14.9 Å². The third-order valence-electron chi connectivity index (χ3n) is 5.90. The van der Waals surface area contributed by atoms with Gasteiger partial charge in [0.1, 0.15) is 28.2 Å². The van der Waals surface area contributed by atoms with E-state index >= 15 is 0 Å². The highest BCUT2D eigenvalue weighted by Crippen LogP contribution is 2.44. The Morgan fingerprint density at radius 2 is 1.97 bits per heavy atom. The van der Waals surface area contributed by atoms with E-state index < -0.39 is 0 Å². The second-order valence-corrected chi connectivity index (χ2v) is 7.95. The fraction of sp³-hybridized carbons (Fsp3) is 0.348. The number of halogens is 1. The van der Waals surface area contributed by atoms with Crippen molar-refractivity contribution in [3.8, 4) is 22.8 Å². The SMILES string of the molecule is COc1cc(OC)c2c(=O)cc(-c3cccc(Cl)c3)oc2c1C1CCN(C)C1CO. The zero-order chi connectivity index (χ0) is 21.4. The van der Waals surface area contributed by atoms with E-state index in [9.17, 15) is 9.90 Å². The van der Waals surface area contributed by atoms with E-state index in [2.05, 4.69) is 4.90 Å². The van der Waals surface area contributed by atoms with Crippen molar-refractivity contribution in [1.29, 1.82) is 0 Å². The maximum atomic E-state index is 13.1. The van der Waals surface area contributed by atoms with Crippen molar-refractivity contribution in [3.05, 3.63) is 57.2 Å². The molecule has 1 aliphatic heterocycles. The van der Waals surface area contributed by atoms with Crippen LogP contribution in [0.1, 0.15) is 17.9 Å². The van der Waals surface area contributed by atoms with Gasteiger partial charge in [0.25, 0.3) is 0 Å². The molecule has 0 saturated carbocycles. The summed E-state index contributed by atoms with van der Waals surface area (Å²) in [6, 6.07) is 10.2. The lowest BCUT2D eigenvalue weighted by Gasteiger charge is -2.25. The summed E-state index contributed by atoms with van der Waals surface area (Å²) in [6.07, 6.45) is 0.810. The minimum Gasteiger partial charge on any atom is -0.496 e. The van der Waals surface area contributed by atoms with Crippen molar-refractivity contribution < 1.29 is 19.0 Å². The Hall–Kier alpha value is -2.54. The van der Waals surface area contributed by atoms with Crippen LogP contribution in [0.15, 0.2) is 45.6 Å². The van der Waals surface area contributed by atoms with Crippen molar-refractivity contribution in [3.63, 3.8) is 0 Å². The molecular formula is C23H24ClNO5. The molecule has 30 heavy (non-hydrogen) atoms. The number of nitrogens with zero attached hydrogens (tertiary/aromatic N) is 1. The monoisotopic (exact) mass is 429 g/mol. The summed E-state index contributed by atoms with van der Waals surface area (Å²) < 4.78 is 17.5. The molecule has 158 valence electrons. The van der Waals surface area contributed by atoms with Gasteiger partial charge in [-0.25, -0.2) is 0 Å². The maximum absolute atomic E-state index is 13.1. The first-order valence-corrected chi connectivity index (χ1v) is 10.2. The first-order valence-electron chi connectivity index (χ1n) is 9.78. The van der Waals surface area contributed by atoms with Gasteiger partial charge in [0.15, 0.2) is 5.43 Å². The van der Waals surface area contributed by atoms with Gasteiger partial charge in [-0.05, 0) is 32.1 Å². The van der Waals surface area contributed by atoms with Gasteiger partial charge in [-0.2, -0.15) is 0 Å². The van der Waals surface area contributed by atoms with E-state index in [1.54, 1.807) is 25.3 Å². The summed E-state index contributed by atoms with van der Waals surface area (Å²) in [5.74, 6) is 1.33. The lowest BCUT2D eigenvalue weighted by atomic mass is 9.89. The fourth-order valence-corrected chi connectivity index (χ4v) is 4.56. The van der Waals surface area contributed by atoms with Crippen molar-refractivity contribution >= 4 is 22.6 Å². The predicted octanol–water partition coefficient (Wildman–Crippen LogP) is 3.91. The number of aliphatic hydroxyl groups excluding tert-OH is 1. The van der Waals surface area contributed by atoms with Gasteiger partial charge >= 0.3 is 0 Å². The Balaban J connectivity index is 2.05. The molecule has 2 atom stereocenters. The Morgan fingerprint density at radius 3 is 2.63 bits per heavy atom. The number of aliphatic hydroxyl groups is 1. The second kappa shape index (κ2) is 8.30. The highest BCUT2D eigenvalue weighted by molar-refractivity contribution is 6.30. The molecule has 0 bridgehead atoms. The molecule has 1 N–H and O–H groups in total. The first kappa shape index (κ1) is 20.7. The molecule has 6 nitrogen and oxygen atoms in total. The Morgan fingerprint density at radius 1 is 1.20 bits per heavy atom. The van der Waals surface area contributed by atoms with Crippen LogP contribution in [0.25, 0.3) is 22.3 Å². The third kappa shape index (κ3) is 3.45. The van der Waals surface area contributed by atoms with E-state index in [-0.39, 0.29) is 24.0 Å². The lowest BCUT2D eigenvalue weighted by molar-refractivity contribution is 0.171. The minimum atomic E-state index is -0.209. The Labute approximate surface area is 179 Å². The van der Waals surface area contributed by atoms with E-state index in [0.717, 1.165) is 18.5 Å². The van der Waals surface area contributed by atoms with Crippen LogP contribution in [0.5, 0.6) is 11.5 Å². The van der Waals surface area contributed by atoms with Crippen molar-refractivity contribution in [2.75, 3.05) is 34.4 Å². The number of methoxy groups -OCH3 is 2. The summed E-state index contributed by atoms with van der Waals surface area (Å²) in [7, 11) is 5.07. The van der Waals surface area contributed by atoms with Gasteiger partial charge in [-0.1, -0.05) is 23.7 Å². The standard InChI is InChI=1S/C23H24ClNO5/c1-25-8-7-15(16(25)12-26)21-19(28-2)11-20(29-3)22-17(27)10-18(30-23(21)22)13-5-4-6-14(24)9-13/h4-6,9-11,15-16,26H,7-8,12H2,1-3H3. The summed E-state index contributed by atoms with van der Waals surface area (Å²) in [4.78, 5) is 15.3. The molecule has 2 unspecified atom stereocenters. The molecule has 1 fully saturated rings. The van der Waals surface area contributed by atoms with Gasteiger partial charge < -0.3 is 23.9 Å². The maximum Gasteiger partial charge on any atom is 0.197 e. The van der Waals surface area contributed by atoms with Crippen LogP contribution in [-0.2, 0) is 0 Å². The number of rotatable bonds is 5. The molecule has 7 heteroatoms. The molecule has 0 amide bonds. The van der Waals surface area contributed by atoms with Crippen molar-refractivity contribution in [2.24, 2.45) is 0 Å². The smallest absolute Gasteiger partial charge is 0.197 e. The number of benzene rings is 2. The van der Waals surface area contributed by atoms with Crippen molar-refractivity contribution in [2.45, 2.75) is 18.4 Å². The normalized spacial score (nSPS) is 19.4. The molecule has 1 aromatic heterocycles. The molecule has 0 radical (unpaired) electrons. The van der Waals surface area contributed by atoms with Crippen LogP contribution in [-0.4, -0.2) is 50.5 Å². The average Bonchev–Trinajstić information content (AvgIpc) is 3.12. The number of fused-ring (bicyclic) bond motifs is 1. The molecule has 2 aromatic carbocycles. The number of hydrogen-bond acceptors (Lipinski definition) is 6. The number of likely N-dealkylation sites (N-methyl/N-ethyl adjacent to an activating group) is 1. The highest BCUT2D eigenvalue weighted by atomic mass is 35.5. The van der Waals surface area contributed by atoms with Gasteiger partial charge in [0, 0.05) is 40.2 Å². The molecule has 0 spiro atoms. The molecular weight excluding hydrogens is 406 g/mol. The fourth-order valence-electron chi connectivity index (χ4n) is 4.37. The Kier molecular flexibility index (Phi) is 5.73. The molecule has 0 aliphatic carbocycles. The number of likely N-dealkylation sites (tertiary alicyclic amines) is 1. The molecule has 2 heterocycles. The zero-order valence-electron chi connectivity index (χ0n) is 17.1. The van der Waals surface area contributed by atoms with E-state index in [1.807, 2.05) is 19.2 Å².